The van der Waals surface area contributed by atoms with Gasteiger partial charge in [-0.2, -0.15) is 0 Å². The summed E-state index contributed by atoms with van der Waals surface area (Å²) >= 11 is 1.53. The predicted octanol–water partition coefficient (Wildman–Crippen LogP) is 4.77. The van der Waals surface area contributed by atoms with Crippen molar-refractivity contribution in [3.63, 3.8) is 0 Å². The summed E-state index contributed by atoms with van der Waals surface area (Å²) in [5, 5.41) is 0.976. The molecule has 2 aromatic heterocycles. The lowest BCUT2D eigenvalue weighted by Gasteiger charge is -2.63. The Bertz CT molecular complexity index is 897. The summed E-state index contributed by atoms with van der Waals surface area (Å²) in [6.07, 6.45) is 12.9. The lowest BCUT2D eigenvalue weighted by atomic mass is 9.60. The SMILES string of the molecule is Cc1nc(C)c(C(=O)N2CCC(N3CC4(CCCCC4)C3c3ccncc3)CC2)s1. The van der Waals surface area contributed by atoms with E-state index in [1.54, 1.807) is 0 Å². The fourth-order valence-corrected chi connectivity index (χ4v) is 7.06. The first kappa shape index (κ1) is 20.1. The molecule has 3 fully saturated rings. The minimum absolute atomic E-state index is 0.176. The van der Waals surface area contributed by atoms with Gasteiger partial charge < -0.3 is 4.90 Å². The van der Waals surface area contributed by atoms with E-state index in [0.717, 1.165) is 41.5 Å². The average molecular weight is 425 g/mol. The first-order valence-corrected chi connectivity index (χ1v) is 12.3. The number of aromatic nitrogens is 2. The number of amides is 1. The van der Waals surface area contributed by atoms with Crippen LogP contribution < -0.4 is 0 Å². The maximum Gasteiger partial charge on any atom is 0.265 e. The van der Waals surface area contributed by atoms with E-state index in [1.165, 1.54) is 55.5 Å². The van der Waals surface area contributed by atoms with Crippen LogP contribution in [0.1, 0.15) is 76.9 Å². The Hall–Kier alpha value is -1.79. The second kappa shape index (κ2) is 8.04. The van der Waals surface area contributed by atoms with Crippen LogP contribution in [-0.4, -0.2) is 51.4 Å². The van der Waals surface area contributed by atoms with Gasteiger partial charge in [-0.05, 0) is 57.2 Å². The van der Waals surface area contributed by atoms with Crippen LogP contribution in [0.2, 0.25) is 0 Å². The highest BCUT2D eigenvalue weighted by Gasteiger charge is 2.55. The van der Waals surface area contributed by atoms with Crippen molar-refractivity contribution in [3.05, 3.63) is 45.7 Å². The highest BCUT2D eigenvalue weighted by molar-refractivity contribution is 7.13. The molecular formula is C24H32N4OS. The quantitative estimate of drug-likeness (QED) is 0.712. The van der Waals surface area contributed by atoms with E-state index in [1.807, 2.05) is 31.1 Å². The van der Waals surface area contributed by atoms with Crippen LogP contribution in [0.3, 0.4) is 0 Å². The zero-order chi connectivity index (χ0) is 20.7. The van der Waals surface area contributed by atoms with Crippen LogP contribution in [0.4, 0.5) is 0 Å². The number of carbonyl (C=O) groups excluding carboxylic acids is 1. The summed E-state index contributed by atoms with van der Waals surface area (Å²) in [4.78, 5) is 27.3. The van der Waals surface area contributed by atoms with E-state index >= 15 is 0 Å². The van der Waals surface area contributed by atoms with E-state index in [2.05, 4.69) is 27.0 Å². The van der Waals surface area contributed by atoms with Crippen LogP contribution in [0, 0.1) is 19.3 Å². The molecule has 1 aliphatic carbocycles. The molecule has 2 aromatic rings. The Labute approximate surface area is 183 Å². The summed E-state index contributed by atoms with van der Waals surface area (Å²) < 4.78 is 0. The molecule has 2 saturated heterocycles. The molecule has 1 atom stereocenters. The molecule has 1 amide bonds. The van der Waals surface area contributed by atoms with Crippen LogP contribution in [-0.2, 0) is 0 Å². The molecular weight excluding hydrogens is 392 g/mol. The first-order valence-electron chi connectivity index (χ1n) is 11.5. The van der Waals surface area contributed by atoms with Crippen molar-refractivity contribution >= 4 is 17.2 Å². The van der Waals surface area contributed by atoms with Gasteiger partial charge in [-0.1, -0.05) is 19.3 Å². The largest absolute Gasteiger partial charge is 0.338 e. The fraction of sp³-hybridized carbons (Fsp3) is 0.625. The molecule has 0 radical (unpaired) electrons. The lowest BCUT2D eigenvalue weighted by molar-refractivity contribution is -0.132. The number of hydrogen-bond acceptors (Lipinski definition) is 5. The third-order valence-corrected chi connectivity index (χ3v) is 8.66. The van der Waals surface area contributed by atoms with Gasteiger partial charge in [0.1, 0.15) is 4.88 Å². The standard InChI is InChI=1S/C24H32N4OS/c1-17-21(30-18(2)26-17)23(29)27-14-8-20(9-15-27)28-16-24(10-4-3-5-11-24)22(28)19-6-12-25-13-7-19/h6-7,12-13,20,22H,3-5,8-11,14-16H2,1-2H3. The maximum atomic E-state index is 13.0. The highest BCUT2D eigenvalue weighted by atomic mass is 32.1. The van der Waals surface area contributed by atoms with E-state index in [4.69, 9.17) is 0 Å². The lowest BCUT2D eigenvalue weighted by Crippen LogP contribution is -2.63. The molecule has 1 unspecified atom stereocenters. The molecule has 2 aliphatic heterocycles. The van der Waals surface area contributed by atoms with Gasteiger partial charge in [-0.25, -0.2) is 4.98 Å². The third kappa shape index (κ3) is 3.48. The smallest absolute Gasteiger partial charge is 0.265 e. The van der Waals surface area contributed by atoms with Crippen LogP contribution >= 0.6 is 11.3 Å². The van der Waals surface area contributed by atoms with Crippen LogP contribution in [0.5, 0.6) is 0 Å². The average Bonchev–Trinajstić information content (AvgIpc) is 3.11. The zero-order valence-electron chi connectivity index (χ0n) is 18.1. The zero-order valence-corrected chi connectivity index (χ0v) is 19.0. The van der Waals surface area contributed by atoms with E-state index in [0.29, 0.717) is 17.5 Å². The Morgan fingerprint density at radius 1 is 1.10 bits per heavy atom. The van der Waals surface area contributed by atoms with Gasteiger partial charge in [0.15, 0.2) is 0 Å². The van der Waals surface area contributed by atoms with Gasteiger partial charge in [-0.15, -0.1) is 11.3 Å². The number of rotatable bonds is 3. The Morgan fingerprint density at radius 3 is 2.43 bits per heavy atom. The first-order chi connectivity index (χ1) is 14.6. The fourth-order valence-electron chi connectivity index (χ4n) is 6.17. The molecule has 3 aliphatic rings. The second-order valence-corrected chi connectivity index (χ2v) is 10.7. The highest BCUT2D eigenvalue weighted by Crippen LogP contribution is 2.58. The van der Waals surface area contributed by atoms with Gasteiger partial charge >= 0.3 is 0 Å². The van der Waals surface area contributed by atoms with Crippen molar-refractivity contribution in [2.24, 2.45) is 5.41 Å². The van der Waals surface area contributed by atoms with E-state index in [-0.39, 0.29) is 5.91 Å². The van der Waals surface area contributed by atoms with Crippen molar-refractivity contribution < 1.29 is 4.79 Å². The van der Waals surface area contributed by atoms with Crippen LogP contribution in [0.25, 0.3) is 0 Å². The van der Waals surface area contributed by atoms with Crippen molar-refractivity contribution in [1.82, 2.24) is 19.8 Å². The number of thiazole rings is 1. The molecule has 30 heavy (non-hydrogen) atoms. The van der Waals surface area contributed by atoms with Gasteiger partial charge in [0.05, 0.1) is 10.7 Å². The summed E-state index contributed by atoms with van der Waals surface area (Å²) in [6.45, 7) is 6.86. The molecule has 5 nitrogen and oxygen atoms in total. The summed E-state index contributed by atoms with van der Waals surface area (Å²) in [5.41, 5.74) is 2.78. The van der Waals surface area contributed by atoms with Crippen molar-refractivity contribution in [2.45, 2.75) is 70.9 Å². The van der Waals surface area contributed by atoms with Gasteiger partial charge in [-0.3, -0.25) is 14.7 Å². The molecule has 1 saturated carbocycles. The predicted molar refractivity (Wildman–Crippen MR) is 120 cm³/mol. The number of carbonyl (C=O) groups is 1. The van der Waals surface area contributed by atoms with E-state index < -0.39 is 0 Å². The second-order valence-electron chi connectivity index (χ2n) is 9.45. The number of hydrogen-bond donors (Lipinski definition) is 0. The molecule has 160 valence electrons. The number of likely N-dealkylation sites (tertiary alicyclic amines) is 2. The molecule has 1 spiro atoms. The van der Waals surface area contributed by atoms with Crippen LogP contribution in [0.15, 0.2) is 24.5 Å². The van der Waals surface area contributed by atoms with Gasteiger partial charge in [0.25, 0.3) is 5.91 Å². The third-order valence-electron chi connectivity index (χ3n) is 7.60. The van der Waals surface area contributed by atoms with Crippen molar-refractivity contribution in [1.29, 1.82) is 0 Å². The summed E-state index contributed by atoms with van der Waals surface area (Å²) in [7, 11) is 0. The maximum absolute atomic E-state index is 13.0. The van der Waals surface area contributed by atoms with E-state index in [9.17, 15) is 4.79 Å². The number of aryl methyl sites for hydroxylation is 2. The molecule has 5 rings (SSSR count). The minimum Gasteiger partial charge on any atom is -0.338 e. The molecule has 0 bridgehead atoms. The minimum atomic E-state index is 0.176. The summed E-state index contributed by atoms with van der Waals surface area (Å²) in [5.74, 6) is 0.176. The topological polar surface area (TPSA) is 49.3 Å². The van der Waals surface area contributed by atoms with Gasteiger partial charge in [0.2, 0.25) is 0 Å². The molecule has 6 heteroatoms. The molecule has 0 aromatic carbocycles. The molecule has 0 N–H and O–H groups in total. The number of piperidine rings is 1. The Kier molecular flexibility index (Phi) is 5.40. The number of pyridine rings is 1. The summed E-state index contributed by atoms with van der Waals surface area (Å²) in [6, 6.07) is 5.55. The van der Waals surface area contributed by atoms with Crippen molar-refractivity contribution in [2.75, 3.05) is 19.6 Å². The monoisotopic (exact) mass is 424 g/mol. The number of nitrogens with zero attached hydrogens (tertiary/aromatic N) is 4. The Morgan fingerprint density at radius 2 is 1.80 bits per heavy atom. The van der Waals surface area contributed by atoms with Crippen molar-refractivity contribution in [3.8, 4) is 0 Å². The normalized spacial score (nSPS) is 24.7. The van der Waals surface area contributed by atoms with Gasteiger partial charge in [0, 0.05) is 49.5 Å². The Balaban J connectivity index is 1.28. The molecule has 4 heterocycles.